The molecule has 1 aromatic rings. The summed E-state index contributed by atoms with van der Waals surface area (Å²) < 4.78 is 0. The van der Waals surface area contributed by atoms with Gasteiger partial charge in [-0.15, -0.1) is 0 Å². The third kappa shape index (κ3) is 3.94. The number of hydrogen-bond acceptors (Lipinski definition) is 4. The zero-order chi connectivity index (χ0) is 14.4. The molecule has 0 radical (unpaired) electrons. The van der Waals surface area contributed by atoms with E-state index in [1.165, 1.54) is 12.6 Å². The first-order valence-electron chi connectivity index (χ1n) is 6.94. The number of amides is 2. The van der Waals surface area contributed by atoms with Gasteiger partial charge in [-0.3, -0.25) is 9.59 Å². The summed E-state index contributed by atoms with van der Waals surface area (Å²) in [6.07, 6.45) is 5.32. The average Bonchev–Trinajstić information content (AvgIpc) is 2.48. The SMILES string of the molecule is NC(=O)c1ccc(NCCC(=O)N2CCCCC2)nc1. The maximum Gasteiger partial charge on any atom is 0.250 e. The van der Waals surface area contributed by atoms with E-state index in [2.05, 4.69) is 10.3 Å². The molecule has 0 aliphatic carbocycles. The molecule has 6 nitrogen and oxygen atoms in total. The third-order valence-electron chi connectivity index (χ3n) is 3.40. The molecule has 0 saturated carbocycles. The summed E-state index contributed by atoms with van der Waals surface area (Å²) in [7, 11) is 0. The average molecular weight is 276 g/mol. The Kier molecular flexibility index (Phi) is 4.92. The van der Waals surface area contributed by atoms with Crippen molar-refractivity contribution in [1.82, 2.24) is 9.88 Å². The van der Waals surface area contributed by atoms with Crippen molar-refractivity contribution in [3.05, 3.63) is 23.9 Å². The Morgan fingerprint density at radius 2 is 2.00 bits per heavy atom. The highest BCUT2D eigenvalue weighted by Crippen LogP contribution is 2.10. The number of rotatable bonds is 5. The molecule has 3 N–H and O–H groups in total. The Morgan fingerprint density at radius 1 is 1.25 bits per heavy atom. The van der Waals surface area contributed by atoms with Crippen LogP contribution in [0.5, 0.6) is 0 Å². The van der Waals surface area contributed by atoms with Crippen LogP contribution in [0.2, 0.25) is 0 Å². The van der Waals surface area contributed by atoms with E-state index < -0.39 is 5.91 Å². The largest absolute Gasteiger partial charge is 0.370 e. The van der Waals surface area contributed by atoms with Crippen molar-refractivity contribution in [2.75, 3.05) is 25.0 Å². The highest BCUT2D eigenvalue weighted by atomic mass is 16.2. The van der Waals surface area contributed by atoms with Crippen molar-refractivity contribution in [3.8, 4) is 0 Å². The fourth-order valence-corrected chi connectivity index (χ4v) is 2.24. The van der Waals surface area contributed by atoms with Crippen molar-refractivity contribution in [1.29, 1.82) is 0 Å². The number of carbonyl (C=O) groups excluding carboxylic acids is 2. The number of aromatic nitrogens is 1. The second-order valence-corrected chi connectivity index (χ2v) is 4.91. The van der Waals surface area contributed by atoms with Crippen LogP contribution in [-0.2, 0) is 4.79 Å². The molecule has 20 heavy (non-hydrogen) atoms. The molecule has 108 valence electrons. The number of nitrogens with zero attached hydrogens (tertiary/aromatic N) is 2. The van der Waals surface area contributed by atoms with E-state index >= 15 is 0 Å². The molecule has 0 aromatic carbocycles. The van der Waals surface area contributed by atoms with Crippen molar-refractivity contribution in [2.45, 2.75) is 25.7 Å². The van der Waals surface area contributed by atoms with E-state index in [9.17, 15) is 9.59 Å². The third-order valence-corrected chi connectivity index (χ3v) is 3.40. The molecule has 1 aliphatic rings. The van der Waals surface area contributed by atoms with Gasteiger partial charge in [-0.25, -0.2) is 4.98 Å². The van der Waals surface area contributed by atoms with E-state index in [0.29, 0.717) is 24.3 Å². The van der Waals surface area contributed by atoms with Crippen LogP contribution in [0, 0.1) is 0 Å². The zero-order valence-corrected chi connectivity index (χ0v) is 11.5. The van der Waals surface area contributed by atoms with Gasteiger partial charge < -0.3 is 16.0 Å². The minimum atomic E-state index is -0.496. The molecular formula is C14H20N4O2. The monoisotopic (exact) mass is 276 g/mol. The predicted octanol–water partition coefficient (Wildman–Crippen LogP) is 0.995. The lowest BCUT2D eigenvalue weighted by atomic mass is 10.1. The number of nitrogens with one attached hydrogen (secondary N) is 1. The summed E-state index contributed by atoms with van der Waals surface area (Å²) in [4.78, 5) is 28.8. The van der Waals surface area contributed by atoms with Gasteiger partial charge in [-0.05, 0) is 31.4 Å². The van der Waals surface area contributed by atoms with Crippen LogP contribution in [0.1, 0.15) is 36.0 Å². The first-order valence-corrected chi connectivity index (χ1v) is 6.94. The van der Waals surface area contributed by atoms with Gasteiger partial charge in [-0.2, -0.15) is 0 Å². The Labute approximate surface area is 118 Å². The Morgan fingerprint density at radius 3 is 2.60 bits per heavy atom. The van der Waals surface area contributed by atoms with Gasteiger partial charge in [0.2, 0.25) is 11.8 Å². The van der Waals surface area contributed by atoms with Gasteiger partial charge in [0.25, 0.3) is 0 Å². The van der Waals surface area contributed by atoms with Crippen molar-refractivity contribution in [3.63, 3.8) is 0 Å². The molecule has 1 aliphatic heterocycles. The summed E-state index contributed by atoms with van der Waals surface area (Å²) in [5, 5.41) is 3.07. The van der Waals surface area contributed by atoms with E-state index in [4.69, 9.17) is 5.73 Å². The number of pyridine rings is 1. The van der Waals surface area contributed by atoms with Gasteiger partial charge in [-0.1, -0.05) is 0 Å². The minimum absolute atomic E-state index is 0.186. The Hall–Kier alpha value is -2.11. The van der Waals surface area contributed by atoms with Crippen LogP contribution >= 0.6 is 0 Å². The normalized spacial score (nSPS) is 14.9. The van der Waals surface area contributed by atoms with Crippen LogP contribution in [-0.4, -0.2) is 41.3 Å². The lowest BCUT2D eigenvalue weighted by Gasteiger charge is -2.26. The first kappa shape index (κ1) is 14.3. The van der Waals surface area contributed by atoms with Gasteiger partial charge >= 0.3 is 0 Å². The quantitative estimate of drug-likeness (QED) is 0.839. The molecule has 0 atom stereocenters. The number of likely N-dealkylation sites (tertiary alicyclic amines) is 1. The summed E-state index contributed by atoms with van der Waals surface area (Å²) in [6.45, 7) is 2.30. The van der Waals surface area contributed by atoms with Crippen LogP contribution in [0.4, 0.5) is 5.82 Å². The van der Waals surface area contributed by atoms with Crippen molar-refractivity contribution < 1.29 is 9.59 Å². The lowest BCUT2D eigenvalue weighted by Crippen LogP contribution is -2.36. The molecule has 6 heteroatoms. The molecular weight excluding hydrogens is 256 g/mol. The number of nitrogens with two attached hydrogens (primary N) is 1. The summed E-state index contributed by atoms with van der Waals surface area (Å²) in [5.41, 5.74) is 5.51. The second kappa shape index (κ2) is 6.88. The van der Waals surface area contributed by atoms with Gasteiger partial charge in [0.15, 0.2) is 0 Å². The highest BCUT2D eigenvalue weighted by molar-refractivity contribution is 5.92. The molecule has 1 aromatic heterocycles. The fourth-order valence-electron chi connectivity index (χ4n) is 2.24. The molecule has 0 spiro atoms. The maximum atomic E-state index is 11.9. The first-order chi connectivity index (χ1) is 9.66. The number of piperidine rings is 1. The summed E-state index contributed by atoms with van der Waals surface area (Å²) >= 11 is 0. The van der Waals surface area contributed by atoms with E-state index in [0.717, 1.165) is 25.9 Å². The predicted molar refractivity (Wildman–Crippen MR) is 76.3 cm³/mol. The fraction of sp³-hybridized carbons (Fsp3) is 0.500. The lowest BCUT2D eigenvalue weighted by molar-refractivity contribution is -0.131. The molecule has 2 heterocycles. The standard InChI is InChI=1S/C14H20N4O2/c15-14(20)11-4-5-12(17-10-11)16-7-6-13(19)18-8-2-1-3-9-18/h4-5,10H,1-3,6-9H2,(H2,15,20)(H,16,17). The number of hydrogen-bond donors (Lipinski definition) is 2. The van der Waals surface area contributed by atoms with Gasteiger partial charge in [0.1, 0.15) is 5.82 Å². The van der Waals surface area contributed by atoms with Crippen LogP contribution in [0.15, 0.2) is 18.3 Å². The smallest absolute Gasteiger partial charge is 0.250 e. The van der Waals surface area contributed by atoms with Crippen molar-refractivity contribution in [2.24, 2.45) is 5.73 Å². The molecule has 1 saturated heterocycles. The van der Waals surface area contributed by atoms with Crippen molar-refractivity contribution >= 4 is 17.6 Å². The number of carbonyl (C=O) groups is 2. The molecule has 0 unspecified atom stereocenters. The molecule has 0 bridgehead atoms. The van der Waals surface area contributed by atoms with E-state index in [1.807, 2.05) is 4.90 Å². The minimum Gasteiger partial charge on any atom is -0.370 e. The Bertz CT molecular complexity index is 467. The molecule has 1 fully saturated rings. The van der Waals surface area contributed by atoms with E-state index in [-0.39, 0.29) is 5.91 Å². The second-order valence-electron chi connectivity index (χ2n) is 4.91. The maximum absolute atomic E-state index is 11.9. The zero-order valence-electron chi connectivity index (χ0n) is 11.5. The van der Waals surface area contributed by atoms with Gasteiger partial charge in [0.05, 0.1) is 5.56 Å². The van der Waals surface area contributed by atoms with Gasteiger partial charge in [0, 0.05) is 32.3 Å². The number of anilines is 1. The van der Waals surface area contributed by atoms with E-state index in [1.54, 1.807) is 12.1 Å². The number of primary amides is 1. The van der Waals surface area contributed by atoms with Crippen LogP contribution in [0.3, 0.4) is 0 Å². The topological polar surface area (TPSA) is 88.3 Å². The summed E-state index contributed by atoms with van der Waals surface area (Å²) in [5.74, 6) is 0.330. The Balaban J connectivity index is 1.74. The molecule has 2 amide bonds. The summed E-state index contributed by atoms with van der Waals surface area (Å²) in [6, 6.07) is 3.30. The van der Waals surface area contributed by atoms with Crippen LogP contribution in [0.25, 0.3) is 0 Å². The molecule has 2 rings (SSSR count). The van der Waals surface area contributed by atoms with Crippen LogP contribution < -0.4 is 11.1 Å². The highest BCUT2D eigenvalue weighted by Gasteiger charge is 2.15.